The van der Waals surface area contributed by atoms with Crippen LogP contribution in [0.15, 0.2) is 14.3 Å². The van der Waals surface area contributed by atoms with E-state index in [1.165, 1.54) is 4.88 Å². The van der Waals surface area contributed by atoms with E-state index >= 15 is 0 Å². The lowest BCUT2D eigenvalue weighted by molar-refractivity contribution is 0.133. The van der Waals surface area contributed by atoms with Crippen LogP contribution >= 0.6 is 43.2 Å². The summed E-state index contributed by atoms with van der Waals surface area (Å²) >= 11 is 8.89. The molecule has 110 valence electrons. The summed E-state index contributed by atoms with van der Waals surface area (Å²) in [6, 6.07) is 2.94. The second-order valence-corrected chi connectivity index (χ2v) is 8.22. The fourth-order valence-electron chi connectivity index (χ4n) is 2.42. The molecule has 6 heteroatoms. The van der Waals surface area contributed by atoms with Gasteiger partial charge in [0.05, 0.1) is 9.83 Å². The Balaban J connectivity index is 2.92. The van der Waals surface area contributed by atoms with Crippen LogP contribution in [0.4, 0.5) is 0 Å². The summed E-state index contributed by atoms with van der Waals surface area (Å²) in [6.45, 7) is 7.16. The minimum absolute atomic E-state index is 0.285. The van der Waals surface area contributed by atoms with Crippen LogP contribution in [0.2, 0.25) is 0 Å². The highest BCUT2D eigenvalue weighted by Gasteiger charge is 2.25. The SMILES string of the molecule is CCN(C(C)CN(C)C)C(CN)c1cc(Br)c(Br)s1. The van der Waals surface area contributed by atoms with Gasteiger partial charge in [-0.3, -0.25) is 4.90 Å². The fourth-order valence-corrected chi connectivity index (χ4v) is 4.64. The number of hydrogen-bond acceptors (Lipinski definition) is 4. The van der Waals surface area contributed by atoms with E-state index in [1.54, 1.807) is 11.3 Å². The molecule has 0 saturated carbocycles. The van der Waals surface area contributed by atoms with Crippen molar-refractivity contribution in [2.24, 2.45) is 5.73 Å². The van der Waals surface area contributed by atoms with Crippen LogP contribution in [-0.4, -0.2) is 49.6 Å². The smallest absolute Gasteiger partial charge is 0.0843 e. The summed E-state index contributed by atoms with van der Waals surface area (Å²) in [4.78, 5) is 6.01. The Kier molecular flexibility index (Phi) is 7.50. The Morgan fingerprint density at radius 2 is 2.00 bits per heavy atom. The third-order valence-corrected chi connectivity index (χ3v) is 6.53. The molecule has 0 aliphatic carbocycles. The van der Waals surface area contributed by atoms with E-state index in [-0.39, 0.29) is 6.04 Å². The molecule has 0 fully saturated rings. The summed E-state index contributed by atoms with van der Waals surface area (Å²) in [7, 11) is 4.22. The second-order valence-electron chi connectivity index (χ2n) is 4.96. The van der Waals surface area contributed by atoms with E-state index < -0.39 is 0 Å². The molecule has 0 bridgehead atoms. The van der Waals surface area contributed by atoms with E-state index in [0.717, 1.165) is 21.3 Å². The maximum Gasteiger partial charge on any atom is 0.0843 e. The van der Waals surface area contributed by atoms with Gasteiger partial charge < -0.3 is 10.6 Å². The normalized spacial score (nSPS) is 15.2. The van der Waals surface area contributed by atoms with Crippen LogP contribution in [-0.2, 0) is 0 Å². The van der Waals surface area contributed by atoms with E-state index in [2.05, 4.69) is 75.7 Å². The average molecular weight is 413 g/mol. The molecule has 0 spiro atoms. The van der Waals surface area contributed by atoms with Crippen molar-refractivity contribution >= 4 is 43.2 Å². The quantitative estimate of drug-likeness (QED) is 0.743. The Labute approximate surface area is 137 Å². The van der Waals surface area contributed by atoms with Crippen molar-refractivity contribution in [2.75, 3.05) is 33.7 Å². The van der Waals surface area contributed by atoms with Gasteiger partial charge >= 0.3 is 0 Å². The lowest BCUT2D eigenvalue weighted by Gasteiger charge is -2.35. The molecule has 1 rings (SSSR count). The molecule has 2 unspecified atom stereocenters. The zero-order valence-corrected chi connectivity index (χ0v) is 16.0. The molecule has 1 aromatic rings. The summed E-state index contributed by atoms with van der Waals surface area (Å²) in [5.74, 6) is 0. The third kappa shape index (κ3) is 4.79. The summed E-state index contributed by atoms with van der Waals surface area (Å²) in [5, 5.41) is 0. The Morgan fingerprint density at radius 3 is 2.37 bits per heavy atom. The molecule has 1 heterocycles. The van der Waals surface area contributed by atoms with Crippen molar-refractivity contribution < 1.29 is 0 Å². The maximum absolute atomic E-state index is 6.03. The number of halogens is 2. The van der Waals surface area contributed by atoms with Crippen molar-refractivity contribution in [3.8, 4) is 0 Å². The molecule has 1 aromatic heterocycles. The lowest BCUT2D eigenvalue weighted by Crippen LogP contribution is -2.44. The number of hydrogen-bond donors (Lipinski definition) is 1. The molecule has 0 saturated heterocycles. The summed E-state index contributed by atoms with van der Waals surface area (Å²) in [6.07, 6.45) is 0. The van der Waals surface area contributed by atoms with Gasteiger partial charge in [-0.2, -0.15) is 0 Å². The zero-order valence-electron chi connectivity index (χ0n) is 12.0. The van der Waals surface area contributed by atoms with Gasteiger partial charge in [0.25, 0.3) is 0 Å². The number of thiophene rings is 1. The molecule has 0 aromatic carbocycles. The monoisotopic (exact) mass is 411 g/mol. The van der Waals surface area contributed by atoms with Crippen molar-refractivity contribution in [1.82, 2.24) is 9.80 Å². The number of rotatable bonds is 7. The van der Waals surface area contributed by atoms with Gasteiger partial charge in [0, 0.05) is 28.5 Å². The van der Waals surface area contributed by atoms with Gasteiger partial charge in [0.15, 0.2) is 0 Å². The first kappa shape index (κ1) is 17.6. The van der Waals surface area contributed by atoms with Gasteiger partial charge in [-0.15, -0.1) is 11.3 Å². The molecule has 2 N–H and O–H groups in total. The third-order valence-electron chi connectivity index (χ3n) is 3.18. The minimum Gasteiger partial charge on any atom is -0.329 e. The highest BCUT2D eigenvalue weighted by atomic mass is 79.9. The highest BCUT2D eigenvalue weighted by molar-refractivity contribution is 9.13. The summed E-state index contributed by atoms with van der Waals surface area (Å²) in [5.41, 5.74) is 6.03. The molecule has 2 atom stereocenters. The second kappa shape index (κ2) is 8.10. The van der Waals surface area contributed by atoms with E-state index in [0.29, 0.717) is 12.6 Å². The van der Waals surface area contributed by atoms with Gasteiger partial charge in [-0.05, 0) is 65.5 Å². The van der Waals surface area contributed by atoms with Crippen LogP contribution in [0.3, 0.4) is 0 Å². The number of nitrogens with zero attached hydrogens (tertiary/aromatic N) is 2. The maximum atomic E-state index is 6.03. The van der Waals surface area contributed by atoms with Crippen LogP contribution in [0.25, 0.3) is 0 Å². The molecule has 0 amide bonds. The number of nitrogens with two attached hydrogens (primary N) is 1. The number of likely N-dealkylation sites (N-methyl/N-ethyl adjacent to an activating group) is 2. The average Bonchev–Trinajstić information content (AvgIpc) is 2.64. The molecule has 19 heavy (non-hydrogen) atoms. The molecule has 0 aliphatic rings. The Morgan fingerprint density at radius 1 is 1.37 bits per heavy atom. The van der Waals surface area contributed by atoms with E-state index in [1.807, 2.05) is 0 Å². The summed E-state index contributed by atoms with van der Waals surface area (Å²) < 4.78 is 2.25. The van der Waals surface area contributed by atoms with Crippen LogP contribution < -0.4 is 5.73 Å². The lowest BCUT2D eigenvalue weighted by atomic mass is 10.1. The zero-order chi connectivity index (χ0) is 14.6. The predicted molar refractivity (Wildman–Crippen MR) is 91.9 cm³/mol. The first-order valence-corrected chi connectivity index (χ1v) is 8.86. The van der Waals surface area contributed by atoms with Crippen LogP contribution in [0.5, 0.6) is 0 Å². The molecule has 3 nitrogen and oxygen atoms in total. The Bertz CT molecular complexity index is 376. The van der Waals surface area contributed by atoms with Gasteiger partial charge in [0.1, 0.15) is 0 Å². The van der Waals surface area contributed by atoms with Crippen LogP contribution in [0, 0.1) is 0 Å². The predicted octanol–water partition coefficient (Wildman–Crippen LogP) is 3.54. The minimum atomic E-state index is 0.285. The molecule has 0 aliphatic heterocycles. The van der Waals surface area contributed by atoms with Crippen molar-refractivity contribution in [3.05, 3.63) is 19.2 Å². The van der Waals surface area contributed by atoms with Gasteiger partial charge in [-0.25, -0.2) is 0 Å². The van der Waals surface area contributed by atoms with E-state index in [4.69, 9.17) is 5.73 Å². The molecule has 0 radical (unpaired) electrons. The molecular formula is C13H23Br2N3S. The van der Waals surface area contributed by atoms with Crippen molar-refractivity contribution in [2.45, 2.75) is 25.9 Å². The van der Waals surface area contributed by atoms with Gasteiger partial charge in [0.2, 0.25) is 0 Å². The fraction of sp³-hybridized carbons (Fsp3) is 0.692. The first-order valence-electron chi connectivity index (χ1n) is 6.45. The van der Waals surface area contributed by atoms with Gasteiger partial charge in [-0.1, -0.05) is 6.92 Å². The standard InChI is InChI=1S/C13H23Br2N3S/c1-5-18(9(2)8-17(3)4)11(7-16)12-6-10(14)13(15)19-12/h6,9,11H,5,7-8,16H2,1-4H3. The molecular weight excluding hydrogens is 390 g/mol. The first-order chi connectivity index (χ1) is 8.90. The topological polar surface area (TPSA) is 32.5 Å². The highest BCUT2D eigenvalue weighted by Crippen LogP contribution is 2.37. The van der Waals surface area contributed by atoms with Crippen molar-refractivity contribution in [3.63, 3.8) is 0 Å². The van der Waals surface area contributed by atoms with E-state index in [9.17, 15) is 0 Å². The Hall–Kier alpha value is 0.540. The van der Waals surface area contributed by atoms with Crippen LogP contribution in [0.1, 0.15) is 24.8 Å². The largest absolute Gasteiger partial charge is 0.329 e. The van der Waals surface area contributed by atoms with Crippen molar-refractivity contribution in [1.29, 1.82) is 0 Å².